The topological polar surface area (TPSA) is 32.3 Å². The smallest absolute Gasteiger partial charge is 0.0441 e. The molecule has 0 aliphatic carbocycles. The van der Waals surface area contributed by atoms with Crippen LogP contribution in [0.4, 0.5) is 0 Å². The van der Waals surface area contributed by atoms with Gasteiger partial charge in [-0.05, 0) is 38.1 Å². The summed E-state index contributed by atoms with van der Waals surface area (Å²) in [6.45, 7) is 4.53. The van der Waals surface area contributed by atoms with E-state index in [9.17, 15) is 0 Å². The van der Waals surface area contributed by atoms with Gasteiger partial charge in [0.25, 0.3) is 0 Å². The predicted octanol–water partition coefficient (Wildman–Crippen LogP) is 3.59. The lowest BCUT2D eigenvalue weighted by Crippen LogP contribution is -2.12. The van der Waals surface area contributed by atoms with Crippen LogP contribution in [0.3, 0.4) is 0 Å². The van der Waals surface area contributed by atoms with Crippen LogP contribution in [0.25, 0.3) is 0 Å². The number of hydrogen-bond donors (Lipinski definition) is 2. The average molecular weight is 318 g/mol. The molecule has 2 unspecified atom stereocenters. The Morgan fingerprint density at radius 1 is 1.41 bits per heavy atom. The van der Waals surface area contributed by atoms with Gasteiger partial charge in [0.15, 0.2) is 0 Å². The van der Waals surface area contributed by atoms with E-state index in [1.807, 2.05) is 7.05 Å². The van der Waals surface area contributed by atoms with Crippen molar-refractivity contribution < 1.29 is 5.11 Å². The Hall–Kier alpha value is -0.0300. The zero-order chi connectivity index (χ0) is 12.8. The molecule has 1 aromatic rings. The number of halogens is 1. The highest BCUT2D eigenvalue weighted by atomic mass is 79.9. The molecule has 1 rings (SSSR count). The first-order chi connectivity index (χ1) is 8.08. The summed E-state index contributed by atoms with van der Waals surface area (Å²) in [5, 5.41) is 12.6. The minimum atomic E-state index is 0.254. The fourth-order valence-electron chi connectivity index (χ4n) is 1.56. The van der Waals surface area contributed by atoms with E-state index in [2.05, 4.69) is 53.3 Å². The molecule has 0 amide bonds. The molecular formula is C13H20BrNOS. The molecule has 1 aromatic carbocycles. The van der Waals surface area contributed by atoms with Crippen LogP contribution in [0, 0.1) is 0 Å². The molecule has 2 N–H and O–H groups in total. The third kappa shape index (κ3) is 4.62. The number of thioether (sulfide) groups is 1. The van der Waals surface area contributed by atoms with Gasteiger partial charge in [-0.2, -0.15) is 0 Å². The van der Waals surface area contributed by atoms with Crippen LogP contribution in [0.5, 0.6) is 0 Å². The summed E-state index contributed by atoms with van der Waals surface area (Å²) < 4.78 is 1.14. The van der Waals surface area contributed by atoms with Crippen LogP contribution in [0.15, 0.2) is 27.6 Å². The minimum absolute atomic E-state index is 0.254. The Morgan fingerprint density at radius 3 is 2.65 bits per heavy atom. The SMILES string of the molecule is CNC(C)c1ccc(SC(C)CCO)cc1Br. The number of aliphatic hydroxyl groups is 1. The lowest BCUT2D eigenvalue weighted by atomic mass is 10.1. The number of nitrogens with one attached hydrogen (secondary N) is 1. The van der Waals surface area contributed by atoms with E-state index in [4.69, 9.17) is 5.11 Å². The molecule has 0 aliphatic heterocycles. The second-order valence-corrected chi connectivity index (χ2v) is 6.50. The van der Waals surface area contributed by atoms with Gasteiger partial charge >= 0.3 is 0 Å². The summed E-state index contributed by atoms with van der Waals surface area (Å²) in [6, 6.07) is 6.80. The third-order valence-corrected chi connectivity index (χ3v) is 4.60. The minimum Gasteiger partial charge on any atom is -0.396 e. The van der Waals surface area contributed by atoms with Gasteiger partial charge in [0.2, 0.25) is 0 Å². The van der Waals surface area contributed by atoms with Crippen LogP contribution in [0.1, 0.15) is 31.9 Å². The largest absolute Gasteiger partial charge is 0.396 e. The first-order valence-electron chi connectivity index (χ1n) is 5.82. The molecule has 2 nitrogen and oxygen atoms in total. The Morgan fingerprint density at radius 2 is 2.12 bits per heavy atom. The van der Waals surface area contributed by atoms with Crippen molar-refractivity contribution in [3.63, 3.8) is 0 Å². The van der Waals surface area contributed by atoms with E-state index in [0.717, 1.165) is 10.9 Å². The van der Waals surface area contributed by atoms with Crippen LogP contribution in [0.2, 0.25) is 0 Å². The van der Waals surface area contributed by atoms with Crippen molar-refractivity contribution in [3.8, 4) is 0 Å². The molecule has 0 aromatic heterocycles. The van der Waals surface area contributed by atoms with Crippen LogP contribution >= 0.6 is 27.7 Å². The van der Waals surface area contributed by atoms with Crippen LogP contribution in [-0.2, 0) is 0 Å². The quantitative estimate of drug-likeness (QED) is 0.786. The fourth-order valence-corrected chi connectivity index (χ4v) is 3.45. The molecule has 0 saturated carbocycles. The third-order valence-electron chi connectivity index (χ3n) is 2.74. The van der Waals surface area contributed by atoms with Crippen molar-refractivity contribution in [2.75, 3.05) is 13.7 Å². The lowest BCUT2D eigenvalue weighted by molar-refractivity contribution is 0.289. The summed E-state index contributed by atoms with van der Waals surface area (Å²) in [4.78, 5) is 1.24. The van der Waals surface area contributed by atoms with Gasteiger partial charge in [0.1, 0.15) is 0 Å². The molecule has 0 fully saturated rings. The van der Waals surface area contributed by atoms with Crippen LogP contribution in [-0.4, -0.2) is 24.0 Å². The zero-order valence-corrected chi connectivity index (χ0v) is 12.9. The van der Waals surface area contributed by atoms with Crippen molar-refractivity contribution in [1.29, 1.82) is 0 Å². The molecule has 2 atom stereocenters. The van der Waals surface area contributed by atoms with E-state index in [1.54, 1.807) is 11.8 Å². The van der Waals surface area contributed by atoms with Gasteiger partial charge in [-0.25, -0.2) is 0 Å². The van der Waals surface area contributed by atoms with E-state index in [0.29, 0.717) is 11.3 Å². The second kappa shape index (κ2) is 7.41. The van der Waals surface area contributed by atoms with E-state index >= 15 is 0 Å². The van der Waals surface area contributed by atoms with Crippen molar-refractivity contribution in [1.82, 2.24) is 5.32 Å². The summed E-state index contributed by atoms with van der Waals surface area (Å²) >= 11 is 5.41. The highest BCUT2D eigenvalue weighted by Gasteiger charge is 2.09. The summed E-state index contributed by atoms with van der Waals surface area (Å²) in [5.41, 5.74) is 1.27. The molecule has 96 valence electrons. The maximum Gasteiger partial charge on any atom is 0.0441 e. The maximum absolute atomic E-state index is 8.89. The Bertz CT molecular complexity index is 359. The summed E-state index contributed by atoms with van der Waals surface area (Å²) in [5.74, 6) is 0. The molecule has 17 heavy (non-hydrogen) atoms. The number of benzene rings is 1. The predicted molar refractivity (Wildman–Crippen MR) is 78.6 cm³/mol. The summed E-state index contributed by atoms with van der Waals surface area (Å²) in [6.07, 6.45) is 0.830. The van der Waals surface area contributed by atoms with Gasteiger partial charge in [-0.15, -0.1) is 11.8 Å². The highest BCUT2D eigenvalue weighted by molar-refractivity contribution is 9.10. The van der Waals surface area contributed by atoms with Gasteiger partial charge in [0.05, 0.1) is 0 Å². The Balaban J connectivity index is 2.75. The van der Waals surface area contributed by atoms with Gasteiger partial charge in [-0.3, -0.25) is 0 Å². The van der Waals surface area contributed by atoms with E-state index in [-0.39, 0.29) is 6.61 Å². The molecule has 0 saturated heterocycles. The molecule has 0 spiro atoms. The monoisotopic (exact) mass is 317 g/mol. The Kier molecular flexibility index (Phi) is 6.55. The molecular weight excluding hydrogens is 298 g/mol. The van der Waals surface area contributed by atoms with Crippen molar-refractivity contribution >= 4 is 27.7 Å². The maximum atomic E-state index is 8.89. The zero-order valence-electron chi connectivity index (χ0n) is 10.5. The number of aliphatic hydroxyl groups excluding tert-OH is 1. The van der Waals surface area contributed by atoms with Gasteiger partial charge < -0.3 is 10.4 Å². The van der Waals surface area contributed by atoms with E-state index in [1.165, 1.54) is 10.5 Å². The van der Waals surface area contributed by atoms with Gasteiger partial charge in [0, 0.05) is 27.3 Å². The highest BCUT2D eigenvalue weighted by Crippen LogP contribution is 2.31. The summed E-state index contributed by atoms with van der Waals surface area (Å²) in [7, 11) is 1.96. The van der Waals surface area contributed by atoms with Gasteiger partial charge in [-0.1, -0.05) is 28.9 Å². The molecule has 0 aliphatic rings. The standard InChI is InChI=1S/C13H20BrNOS/c1-9(6-7-16)17-11-4-5-12(10(2)15-3)13(14)8-11/h4-5,8-10,15-16H,6-7H2,1-3H3. The van der Waals surface area contributed by atoms with E-state index < -0.39 is 0 Å². The normalized spacial score (nSPS) is 14.6. The first-order valence-corrected chi connectivity index (χ1v) is 7.50. The second-order valence-electron chi connectivity index (χ2n) is 4.13. The Labute approximate surface area is 116 Å². The molecule has 0 heterocycles. The molecule has 4 heteroatoms. The lowest BCUT2D eigenvalue weighted by Gasteiger charge is -2.15. The first kappa shape index (κ1) is 15.0. The average Bonchev–Trinajstić information content (AvgIpc) is 2.28. The number of hydrogen-bond acceptors (Lipinski definition) is 3. The molecule has 0 radical (unpaired) electrons. The molecule has 0 bridgehead atoms. The number of rotatable bonds is 6. The van der Waals surface area contributed by atoms with Crippen molar-refractivity contribution in [2.24, 2.45) is 0 Å². The van der Waals surface area contributed by atoms with Crippen LogP contribution < -0.4 is 5.32 Å². The fraction of sp³-hybridized carbons (Fsp3) is 0.538. The van der Waals surface area contributed by atoms with Crippen molar-refractivity contribution in [3.05, 3.63) is 28.2 Å². The van der Waals surface area contributed by atoms with Crippen molar-refractivity contribution in [2.45, 2.75) is 36.5 Å².